The summed E-state index contributed by atoms with van der Waals surface area (Å²) in [5.41, 5.74) is 1.01. The molecule has 0 fully saturated rings. The monoisotopic (exact) mass is 761 g/mol. The molecule has 0 saturated heterocycles. The number of aromatic hydroxyl groups is 2. The first-order chi connectivity index (χ1) is 14.2. The predicted octanol–water partition coefficient (Wildman–Crippen LogP) is 4.36. The molecule has 0 saturated carbocycles. The Morgan fingerprint density at radius 3 is 1.16 bits per heavy atom. The van der Waals surface area contributed by atoms with Gasteiger partial charge in [0.15, 0.2) is 0 Å². The topological polar surface area (TPSA) is 137 Å². The van der Waals surface area contributed by atoms with Crippen LogP contribution in [0.15, 0.2) is 58.8 Å². The number of phenolic OH excluding ortho intramolecular Hbond substituents is 2. The Morgan fingerprint density at radius 1 is 0.742 bits per heavy atom. The average molecular weight is 758 g/mol. The number of halogens is 1. The van der Waals surface area contributed by atoms with Crippen LogP contribution in [0.5, 0.6) is 11.5 Å². The molecule has 2 aromatic rings. The van der Waals surface area contributed by atoms with Crippen LogP contribution in [0.2, 0.25) is 29.6 Å². The van der Waals surface area contributed by atoms with Gasteiger partial charge in [0.05, 0.1) is 12.4 Å². The van der Waals surface area contributed by atoms with Gasteiger partial charge in [0.25, 0.3) is 0 Å². The van der Waals surface area contributed by atoms with Crippen molar-refractivity contribution in [3.05, 3.63) is 59.7 Å². The number of nitrogens with zero attached hydrogens (tertiary/aromatic N) is 2. The summed E-state index contributed by atoms with van der Waals surface area (Å²) < 4.78 is 11.2. The average Bonchev–Trinajstić information content (AvgIpc) is 2.67. The molecule has 173 valence electrons. The number of benzene rings is 2. The van der Waals surface area contributed by atoms with E-state index in [0.717, 1.165) is 0 Å². The molecule has 0 amide bonds. The van der Waals surface area contributed by atoms with Crippen LogP contribution in [0, 0.1) is 0 Å². The van der Waals surface area contributed by atoms with Crippen LogP contribution in [-0.2, 0) is 0 Å². The van der Waals surface area contributed by atoms with Crippen molar-refractivity contribution in [1.82, 2.24) is 0 Å². The van der Waals surface area contributed by atoms with E-state index in [0.29, 0.717) is 11.1 Å². The summed E-state index contributed by atoms with van der Waals surface area (Å²) in [6, 6.07) is 13.2. The maximum absolute atomic E-state index is 11.2. The quantitative estimate of drug-likeness (QED) is 0.157. The van der Waals surface area contributed by atoms with E-state index in [1.165, 1.54) is 24.6 Å². The van der Waals surface area contributed by atoms with Crippen molar-refractivity contribution < 1.29 is 29.0 Å². The summed E-state index contributed by atoms with van der Waals surface area (Å²) >= 11 is -1.58. The molecule has 31 heavy (non-hydrogen) atoms. The van der Waals surface area contributed by atoms with Gasteiger partial charge in [-0.05, 0) is 24.3 Å². The first kappa shape index (κ1) is 37.6. The molecule has 7 nitrogen and oxygen atoms in total. The second kappa shape index (κ2) is 29.3. The second-order valence-electron chi connectivity index (χ2n) is 5.48. The molecule has 11 heteroatoms. The van der Waals surface area contributed by atoms with Gasteiger partial charge in [-0.25, -0.2) is 0 Å². The van der Waals surface area contributed by atoms with E-state index in [9.17, 15) is 2.87 Å². The zero-order valence-electron chi connectivity index (χ0n) is 18.8. The maximum atomic E-state index is 11.2. The van der Waals surface area contributed by atoms with Gasteiger partial charge in [-0.1, -0.05) is 34.6 Å². The standard InChI is InChI=1S/2C7H7NO2.6CH3.FH.H2O.3Sn/c2*9-7-4-2-1-3-6(7)5-8-10;;;;;;;;;;;/h2*1-5,9-10H;6*1H3;1H;1H2;;;/q;;;;;;;;;;;;+1/p-1/b2*8-5+;;;;;;;;;;;. The van der Waals surface area contributed by atoms with Gasteiger partial charge in [-0.2, -0.15) is 0 Å². The molecule has 0 spiro atoms. The molecule has 0 unspecified atom stereocenters. The molecule has 0 aromatic heterocycles. The van der Waals surface area contributed by atoms with Crippen molar-refractivity contribution in [2.24, 2.45) is 10.3 Å². The van der Waals surface area contributed by atoms with Gasteiger partial charge in [-0.3, -0.25) is 0 Å². The Morgan fingerprint density at radius 2 is 0.968 bits per heavy atom. The third-order valence-electron chi connectivity index (χ3n) is 2.27. The van der Waals surface area contributed by atoms with Gasteiger partial charge in [-0.15, -0.1) is 0 Å². The zero-order valence-corrected chi connectivity index (χ0v) is 27.4. The van der Waals surface area contributed by atoms with E-state index >= 15 is 0 Å². The van der Waals surface area contributed by atoms with Crippen LogP contribution in [0.3, 0.4) is 0 Å². The first-order valence-electron chi connectivity index (χ1n) is 8.78. The van der Waals surface area contributed by atoms with E-state index in [-0.39, 0.29) is 59.3 Å². The minimum absolute atomic E-state index is 0. The van der Waals surface area contributed by atoms with E-state index < -0.39 is 20.3 Å². The molecule has 0 aliphatic heterocycles. The number of oxime groups is 2. The Kier molecular flexibility index (Phi) is 35.5. The van der Waals surface area contributed by atoms with Gasteiger partial charge in [0.2, 0.25) is 0 Å². The normalized spacial score (nSPS) is 9.03. The van der Waals surface area contributed by atoms with Crippen LogP contribution >= 0.6 is 0 Å². The molecule has 2 rings (SSSR count). The van der Waals surface area contributed by atoms with Gasteiger partial charge < -0.3 is 26.1 Å². The van der Waals surface area contributed by atoms with Crippen LogP contribution in [-0.4, -0.2) is 101 Å². The third-order valence-corrected chi connectivity index (χ3v) is 2.27. The van der Waals surface area contributed by atoms with E-state index in [1.54, 1.807) is 46.3 Å². The third kappa shape index (κ3) is 29.3. The Bertz CT molecular complexity index is 635. The first-order valence-corrected chi connectivity index (χ1v) is 27.0. The molecular formula is C20H34FN2O5Sn3. The fourth-order valence-corrected chi connectivity index (χ4v) is 1.32. The van der Waals surface area contributed by atoms with Crippen LogP contribution in [0.4, 0.5) is 2.87 Å². The number of hydrogen-bond acceptors (Lipinski definition) is 6. The zero-order chi connectivity index (χ0) is 23.8. The number of para-hydroxylation sites is 2. The van der Waals surface area contributed by atoms with E-state index in [1.807, 2.05) is 0 Å². The molecule has 0 bridgehead atoms. The summed E-state index contributed by atoms with van der Waals surface area (Å²) in [7, 11) is 0. The molecule has 0 aliphatic rings. The van der Waals surface area contributed by atoms with Crippen LogP contribution in [0.25, 0.3) is 0 Å². The summed E-state index contributed by atoms with van der Waals surface area (Å²) in [5, 5.41) is 39.8. The number of rotatable bonds is 2. The van der Waals surface area contributed by atoms with Crippen molar-refractivity contribution in [2.75, 3.05) is 0 Å². The predicted molar refractivity (Wildman–Crippen MR) is 132 cm³/mol. The van der Waals surface area contributed by atoms with Gasteiger partial charge >= 0.3 is 95.1 Å². The molecular weight excluding hydrogens is 723 g/mol. The van der Waals surface area contributed by atoms with Gasteiger partial charge in [0.1, 0.15) is 11.5 Å². The van der Waals surface area contributed by atoms with E-state index in [4.69, 9.17) is 20.6 Å². The molecule has 6 N–H and O–H groups in total. The van der Waals surface area contributed by atoms with Crippen molar-refractivity contribution in [1.29, 1.82) is 0 Å². The number of phenols is 2. The summed E-state index contributed by atoms with van der Waals surface area (Å²) in [6.45, 7) is 0. The van der Waals surface area contributed by atoms with Crippen molar-refractivity contribution in [2.45, 2.75) is 29.6 Å². The minimum atomic E-state index is -2.04. The van der Waals surface area contributed by atoms with Crippen molar-refractivity contribution in [3.8, 4) is 11.5 Å². The van der Waals surface area contributed by atoms with Crippen LogP contribution in [0.1, 0.15) is 11.1 Å². The second-order valence-corrected chi connectivity index (χ2v) is 16.2. The molecule has 0 atom stereocenters. The number of hydrogen-bond donors (Lipinski definition) is 4. The Labute approximate surface area is 213 Å². The SMILES string of the molecule is O.O/N=C/c1ccccc1O.O/N=C/c1ccccc1O.[CH3][Sn]([CH3])[F].[CH3][Sn][CH3].[CH3][Sn][CH3]. The Hall–Kier alpha value is -0.734. The fraction of sp³-hybridized carbons (Fsp3) is 0.300. The Balaban J connectivity index is -0.000000163. The summed E-state index contributed by atoms with van der Waals surface area (Å²) in [4.78, 5) is 12.6. The molecule has 0 heterocycles. The summed E-state index contributed by atoms with van der Waals surface area (Å²) in [6.07, 6.45) is 2.35. The van der Waals surface area contributed by atoms with E-state index in [2.05, 4.69) is 30.1 Å². The fourth-order valence-electron chi connectivity index (χ4n) is 1.32. The van der Waals surface area contributed by atoms with Crippen molar-refractivity contribution in [3.63, 3.8) is 0 Å². The summed E-state index contributed by atoms with van der Waals surface area (Å²) in [5.74, 6) is 0.223. The molecule has 2 aromatic carbocycles. The van der Waals surface area contributed by atoms with Crippen LogP contribution < -0.4 is 0 Å². The molecule has 5 radical (unpaired) electrons. The van der Waals surface area contributed by atoms with Crippen molar-refractivity contribution >= 4 is 75.0 Å². The van der Waals surface area contributed by atoms with Gasteiger partial charge in [0, 0.05) is 11.1 Å². The molecule has 0 aliphatic carbocycles.